The minimum Gasteiger partial charge on any atom is -0.444 e. The van der Waals surface area contributed by atoms with Gasteiger partial charge in [0, 0.05) is 37.1 Å². The molecular formula is C16H29N5O2. The van der Waals surface area contributed by atoms with Crippen molar-refractivity contribution in [1.29, 1.82) is 0 Å². The molecule has 2 fully saturated rings. The lowest BCUT2D eigenvalue weighted by atomic mass is 10.0. The predicted molar refractivity (Wildman–Crippen MR) is 89.2 cm³/mol. The summed E-state index contributed by atoms with van der Waals surface area (Å²) in [4.78, 5) is 19.4. The molecule has 1 heterocycles. The number of azide groups is 1. The third-order valence-electron chi connectivity index (χ3n) is 4.58. The van der Waals surface area contributed by atoms with Crippen molar-refractivity contribution in [2.45, 2.75) is 70.6 Å². The van der Waals surface area contributed by atoms with E-state index < -0.39 is 5.60 Å². The Kier molecular flexibility index (Phi) is 6.13. The second-order valence-corrected chi connectivity index (χ2v) is 7.48. The van der Waals surface area contributed by atoms with Crippen molar-refractivity contribution in [3.8, 4) is 0 Å². The minimum atomic E-state index is -0.456. The molecule has 7 nitrogen and oxygen atoms in total. The Bertz CT molecular complexity index is 448. The van der Waals surface area contributed by atoms with Gasteiger partial charge in [-0.1, -0.05) is 24.4 Å². The lowest BCUT2D eigenvalue weighted by molar-refractivity contribution is 0.00854. The first-order valence-electron chi connectivity index (χ1n) is 8.67. The molecule has 0 bridgehead atoms. The third kappa shape index (κ3) is 5.29. The number of hydrogen-bond acceptors (Lipinski definition) is 4. The molecular weight excluding hydrogens is 294 g/mol. The summed E-state index contributed by atoms with van der Waals surface area (Å²) in [5.41, 5.74) is 8.36. The van der Waals surface area contributed by atoms with Gasteiger partial charge >= 0.3 is 6.09 Å². The van der Waals surface area contributed by atoms with Gasteiger partial charge in [-0.3, -0.25) is 4.90 Å². The number of piperazine rings is 1. The predicted octanol–water partition coefficient (Wildman–Crippen LogP) is 3.55. The van der Waals surface area contributed by atoms with Gasteiger partial charge in [-0.2, -0.15) is 0 Å². The topological polar surface area (TPSA) is 81.5 Å². The van der Waals surface area contributed by atoms with Crippen molar-refractivity contribution in [2.24, 2.45) is 5.11 Å². The molecule has 130 valence electrons. The van der Waals surface area contributed by atoms with Crippen molar-refractivity contribution in [3.63, 3.8) is 0 Å². The van der Waals surface area contributed by atoms with Gasteiger partial charge in [0.05, 0.1) is 6.04 Å². The Morgan fingerprint density at radius 1 is 1.13 bits per heavy atom. The van der Waals surface area contributed by atoms with E-state index in [1.54, 1.807) is 4.90 Å². The molecule has 0 radical (unpaired) electrons. The molecule has 0 spiro atoms. The van der Waals surface area contributed by atoms with E-state index in [4.69, 9.17) is 10.3 Å². The molecule has 0 N–H and O–H groups in total. The Hall–Kier alpha value is -1.46. The molecule has 1 saturated heterocycles. The smallest absolute Gasteiger partial charge is 0.410 e. The standard InChI is InChI=1S/C16H29N5O2/c1-16(2,3)23-15(22)21-11-9-20(10-12-21)14-8-6-4-5-7-13(14)18-19-17/h13-14H,4-12H2,1-3H3/t13-,14+/m0/s1. The van der Waals surface area contributed by atoms with Gasteiger partial charge in [0.25, 0.3) is 0 Å². The molecule has 1 saturated carbocycles. The summed E-state index contributed by atoms with van der Waals surface area (Å²) in [6.45, 7) is 8.65. The van der Waals surface area contributed by atoms with Gasteiger partial charge in [-0.15, -0.1) is 0 Å². The van der Waals surface area contributed by atoms with Gasteiger partial charge in [-0.05, 0) is 39.1 Å². The molecule has 2 rings (SSSR count). The normalized spacial score (nSPS) is 27.0. The lowest BCUT2D eigenvalue weighted by Crippen LogP contribution is -2.55. The summed E-state index contributed by atoms with van der Waals surface area (Å²) < 4.78 is 5.44. The first-order valence-corrected chi connectivity index (χ1v) is 8.67. The highest BCUT2D eigenvalue weighted by atomic mass is 16.6. The highest BCUT2D eigenvalue weighted by Crippen LogP contribution is 2.26. The number of nitrogens with zero attached hydrogens (tertiary/aromatic N) is 5. The average Bonchev–Trinajstić information content (AvgIpc) is 2.72. The number of carbonyl (C=O) groups excluding carboxylic acids is 1. The zero-order valence-corrected chi connectivity index (χ0v) is 14.6. The molecule has 0 unspecified atom stereocenters. The van der Waals surface area contributed by atoms with Crippen LogP contribution < -0.4 is 0 Å². The van der Waals surface area contributed by atoms with E-state index in [1.165, 1.54) is 12.8 Å². The molecule has 23 heavy (non-hydrogen) atoms. The van der Waals surface area contributed by atoms with Crippen molar-refractivity contribution in [1.82, 2.24) is 9.80 Å². The van der Waals surface area contributed by atoms with Crippen LogP contribution in [0.3, 0.4) is 0 Å². The fourth-order valence-electron chi connectivity index (χ4n) is 3.46. The van der Waals surface area contributed by atoms with Crippen LogP contribution >= 0.6 is 0 Å². The summed E-state index contributed by atoms with van der Waals surface area (Å²) >= 11 is 0. The van der Waals surface area contributed by atoms with Crippen LogP contribution in [0.25, 0.3) is 10.4 Å². The summed E-state index contributed by atoms with van der Waals surface area (Å²) in [5, 5.41) is 4.04. The molecule has 0 aromatic rings. The van der Waals surface area contributed by atoms with Crippen LogP contribution in [0.5, 0.6) is 0 Å². The molecule has 1 amide bonds. The van der Waals surface area contributed by atoms with Crippen LogP contribution in [-0.2, 0) is 4.74 Å². The number of amides is 1. The van der Waals surface area contributed by atoms with Crippen molar-refractivity contribution in [2.75, 3.05) is 26.2 Å². The lowest BCUT2D eigenvalue weighted by Gasteiger charge is -2.41. The number of ether oxygens (including phenoxy) is 1. The first-order chi connectivity index (χ1) is 10.9. The number of rotatable bonds is 2. The maximum Gasteiger partial charge on any atom is 0.410 e. The maximum atomic E-state index is 12.1. The van der Waals surface area contributed by atoms with E-state index in [9.17, 15) is 4.79 Å². The van der Waals surface area contributed by atoms with E-state index in [1.807, 2.05) is 20.8 Å². The molecule has 2 atom stereocenters. The Morgan fingerprint density at radius 2 is 1.78 bits per heavy atom. The van der Waals surface area contributed by atoms with E-state index in [0.717, 1.165) is 32.4 Å². The monoisotopic (exact) mass is 323 g/mol. The van der Waals surface area contributed by atoms with Crippen LogP contribution in [0.2, 0.25) is 0 Å². The molecule has 2 aliphatic rings. The maximum absolute atomic E-state index is 12.1. The highest BCUT2D eigenvalue weighted by molar-refractivity contribution is 5.68. The molecule has 1 aliphatic carbocycles. The summed E-state index contributed by atoms with van der Waals surface area (Å²) in [5.74, 6) is 0. The van der Waals surface area contributed by atoms with Crippen LogP contribution in [0, 0.1) is 0 Å². The molecule has 1 aliphatic heterocycles. The fraction of sp³-hybridized carbons (Fsp3) is 0.938. The average molecular weight is 323 g/mol. The molecule has 7 heteroatoms. The summed E-state index contributed by atoms with van der Waals surface area (Å²) in [6, 6.07) is 0.379. The van der Waals surface area contributed by atoms with Gasteiger partial charge in [-0.25, -0.2) is 4.79 Å². The van der Waals surface area contributed by atoms with Crippen LogP contribution in [0.15, 0.2) is 5.11 Å². The van der Waals surface area contributed by atoms with E-state index in [-0.39, 0.29) is 12.1 Å². The Balaban J connectivity index is 1.91. The zero-order valence-electron chi connectivity index (χ0n) is 14.6. The summed E-state index contributed by atoms with van der Waals surface area (Å²) in [7, 11) is 0. The van der Waals surface area contributed by atoms with Crippen molar-refractivity contribution in [3.05, 3.63) is 10.4 Å². The van der Waals surface area contributed by atoms with Crippen LogP contribution in [0.4, 0.5) is 4.79 Å². The van der Waals surface area contributed by atoms with Crippen LogP contribution in [0.1, 0.15) is 52.9 Å². The summed E-state index contributed by atoms with van der Waals surface area (Å²) in [6.07, 6.45) is 5.36. The molecule has 0 aromatic carbocycles. The van der Waals surface area contributed by atoms with E-state index in [2.05, 4.69) is 14.9 Å². The fourth-order valence-corrected chi connectivity index (χ4v) is 3.46. The van der Waals surface area contributed by atoms with Gasteiger partial charge in [0.2, 0.25) is 0 Å². The first kappa shape index (κ1) is 17.9. The second kappa shape index (κ2) is 7.88. The van der Waals surface area contributed by atoms with Crippen molar-refractivity contribution < 1.29 is 9.53 Å². The SMILES string of the molecule is CC(C)(C)OC(=O)N1CCN([C@@H]2CCCCC[C@@H]2N=[N+]=[N-])CC1. The number of hydrogen-bond donors (Lipinski definition) is 0. The van der Waals surface area contributed by atoms with Gasteiger partial charge < -0.3 is 9.64 Å². The van der Waals surface area contributed by atoms with Crippen LogP contribution in [-0.4, -0.2) is 59.8 Å². The largest absolute Gasteiger partial charge is 0.444 e. The Labute approximate surface area is 138 Å². The van der Waals surface area contributed by atoms with E-state index in [0.29, 0.717) is 19.1 Å². The molecule has 0 aromatic heterocycles. The third-order valence-corrected chi connectivity index (χ3v) is 4.58. The quantitative estimate of drug-likeness (QED) is 0.337. The highest BCUT2D eigenvalue weighted by Gasteiger charge is 2.32. The van der Waals surface area contributed by atoms with Gasteiger partial charge in [0.1, 0.15) is 5.60 Å². The minimum absolute atomic E-state index is 0.0653. The van der Waals surface area contributed by atoms with E-state index >= 15 is 0 Å². The second-order valence-electron chi connectivity index (χ2n) is 7.48. The van der Waals surface area contributed by atoms with Gasteiger partial charge in [0.15, 0.2) is 0 Å². The Morgan fingerprint density at radius 3 is 2.39 bits per heavy atom. The van der Waals surface area contributed by atoms with Crippen molar-refractivity contribution >= 4 is 6.09 Å². The number of carbonyl (C=O) groups is 1. The zero-order chi connectivity index (χ0) is 16.9.